The van der Waals surface area contributed by atoms with Crippen LogP contribution in [0.2, 0.25) is 0 Å². The first-order chi connectivity index (χ1) is 11.5. The van der Waals surface area contributed by atoms with Crippen LogP contribution in [0.3, 0.4) is 0 Å². The van der Waals surface area contributed by atoms with Crippen molar-refractivity contribution in [1.82, 2.24) is 9.97 Å². The van der Waals surface area contributed by atoms with Crippen LogP contribution in [0, 0.1) is 13.8 Å². The van der Waals surface area contributed by atoms with Crippen LogP contribution in [0.15, 0.2) is 48.5 Å². The Morgan fingerprint density at radius 3 is 2.33 bits per heavy atom. The molecule has 4 nitrogen and oxygen atoms in total. The monoisotopic (exact) mass is 320 g/mol. The number of nitrogens with zero attached hydrogens (tertiary/aromatic N) is 1. The van der Waals surface area contributed by atoms with Gasteiger partial charge in [0, 0.05) is 22.5 Å². The number of hydrogen-bond donors (Lipinski definition) is 2. The normalized spacial score (nSPS) is 12.1. The number of carbonyl (C=O) groups is 1. The number of carboxylic acid groups (broad SMARTS) is 1. The Bertz CT molecular complexity index is 879. The summed E-state index contributed by atoms with van der Waals surface area (Å²) in [6, 6.07) is 15.6. The van der Waals surface area contributed by atoms with Crippen molar-refractivity contribution in [2.45, 2.75) is 26.7 Å². The second-order valence-corrected chi connectivity index (χ2v) is 6.08. The lowest BCUT2D eigenvalue weighted by Crippen LogP contribution is -2.06. The molecule has 0 radical (unpaired) electrons. The number of aromatic amines is 1. The van der Waals surface area contributed by atoms with Crippen molar-refractivity contribution < 1.29 is 9.90 Å². The quantitative estimate of drug-likeness (QED) is 0.741. The van der Waals surface area contributed by atoms with Gasteiger partial charge in [0.25, 0.3) is 0 Å². The van der Waals surface area contributed by atoms with E-state index in [1.165, 1.54) is 0 Å². The van der Waals surface area contributed by atoms with Crippen LogP contribution in [-0.4, -0.2) is 21.0 Å². The zero-order valence-electron chi connectivity index (χ0n) is 14.0. The third-order valence-corrected chi connectivity index (χ3v) is 4.25. The van der Waals surface area contributed by atoms with Gasteiger partial charge in [0.15, 0.2) is 0 Å². The number of rotatable bonds is 4. The Morgan fingerprint density at radius 2 is 1.75 bits per heavy atom. The Kier molecular flexibility index (Phi) is 4.21. The SMILES string of the molecule is Cc1cc(-c2cccc(-c3ccc(C(C)C(=O)O)cc3)n2)c(C)[nH]1. The van der Waals surface area contributed by atoms with Crippen LogP contribution in [-0.2, 0) is 4.79 Å². The van der Waals surface area contributed by atoms with Gasteiger partial charge >= 0.3 is 5.97 Å². The summed E-state index contributed by atoms with van der Waals surface area (Å²) in [6.45, 7) is 5.76. The Hall–Kier alpha value is -2.88. The molecule has 0 saturated carbocycles. The highest BCUT2D eigenvalue weighted by Crippen LogP contribution is 2.26. The van der Waals surface area contributed by atoms with Gasteiger partial charge in [0.2, 0.25) is 0 Å². The highest BCUT2D eigenvalue weighted by Gasteiger charge is 2.13. The highest BCUT2D eigenvalue weighted by molar-refractivity contribution is 5.76. The maximum atomic E-state index is 11.1. The van der Waals surface area contributed by atoms with E-state index in [0.717, 1.165) is 39.5 Å². The molecule has 2 aromatic heterocycles. The van der Waals surface area contributed by atoms with Gasteiger partial charge in [-0.1, -0.05) is 30.3 Å². The van der Waals surface area contributed by atoms with E-state index in [4.69, 9.17) is 10.1 Å². The van der Waals surface area contributed by atoms with Gasteiger partial charge in [-0.15, -0.1) is 0 Å². The molecule has 122 valence electrons. The van der Waals surface area contributed by atoms with E-state index in [1.54, 1.807) is 6.92 Å². The van der Waals surface area contributed by atoms with Crippen LogP contribution in [0.25, 0.3) is 22.5 Å². The third-order valence-electron chi connectivity index (χ3n) is 4.25. The number of aliphatic carboxylic acids is 1. The number of aromatic nitrogens is 2. The molecule has 24 heavy (non-hydrogen) atoms. The van der Waals surface area contributed by atoms with Gasteiger partial charge in [-0.25, -0.2) is 4.98 Å². The van der Waals surface area contributed by atoms with Crippen molar-refractivity contribution in [3.63, 3.8) is 0 Å². The molecule has 1 atom stereocenters. The fourth-order valence-corrected chi connectivity index (χ4v) is 2.82. The summed E-state index contributed by atoms with van der Waals surface area (Å²) in [5, 5.41) is 9.10. The molecule has 1 aromatic carbocycles. The number of nitrogens with one attached hydrogen (secondary N) is 1. The van der Waals surface area contributed by atoms with Crippen molar-refractivity contribution in [1.29, 1.82) is 0 Å². The largest absolute Gasteiger partial charge is 0.481 e. The second kappa shape index (κ2) is 6.32. The molecule has 4 heteroatoms. The lowest BCUT2D eigenvalue weighted by Gasteiger charge is -2.08. The van der Waals surface area contributed by atoms with Crippen LogP contribution < -0.4 is 0 Å². The number of benzene rings is 1. The third kappa shape index (κ3) is 3.08. The molecular formula is C20H20N2O2. The Labute approximate surface area is 141 Å². The van der Waals surface area contributed by atoms with E-state index in [1.807, 2.05) is 56.3 Å². The van der Waals surface area contributed by atoms with Gasteiger partial charge in [-0.05, 0) is 44.5 Å². The Morgan fingerprint density at radius 1 is 1.08 bits per heavy atom. The van der Waals surface area contributed by atoms with E-state index >= 15 is 0 Å². The number of pyridine rings is 1. The standard InChI is InChI=1S/C20H20N2O2/c1-12-11-17(14(3)21-12)19-6-4-5-18(22-19)16-9-7-15(8-10-16)13(2)20(23)24/h4-11,13,21H,1-3H3,(H,23,24). The molecule has 3 aromatic rings. The van der Waals surface area contributed by atoms with Crippen LogP contribution in [0.1, 0.15) is 29.8 Å². The van der Waals surface area contributed by atoms with Crippen molar-refractivity contribution in [3.05, 3.63) is 65.5 Å². The van der Waals surface area contributed by atoms with E-state index < -0.39 is 11.9 Å². The fourth-order valence-electron chi connectivity index (χ4n) is 2.82. The van der Waals surface area contributed by atoms with Crippen LogP contribution >= 0.6 is 0 Å². The zero-order valence-corrected chi connectivity index (χ0v) is 14.0. The molecule has 0 saturated heterocycles. The van der Waals surface area contributed by atoms with E-state index in [2.05, 4.69) is 11.1 Å². The lowest BCUT2D eigenvalue weighted by molar-refractivity contribution is -0.138. The van der Waals surface area contributed by atoms with Gasteiger partial charge in [-0.2, -0.15) is 0 Å². The minimum absolute atomic E-state index is 0.510. The van der Waals surface area contributed by atoms with E-state index in [0.29, 0.717) is 0 Å². The zero-order chi connectivity index (χ0) is 17.3. The van der Waals surface area contributed by atoms with Crippen molar-refractivity contribution in [3.8, 4) is 22.5 Å². The summed E-state index contributed by atoms with van der Waals surface area (Å²) in [7, 11) is 0. The van der Waals surface area contributed by atoms with Crippen LogP contribution in [0.4, 0.5) is 0 Å². The second-order valence-electron chi connectivity index (χ2n) is 6.08. The van der Waals surface area contributed by atoms with E-state index in [-0.39, 0.29) is 0 Å². The fraction of sp³-hybridized carbons (Fsp3) is 0.200. The number of aryl methyl sites for hydroxylation is 2. The number of H-pyrrole nitrogens is 1. The summed E-state index contributed by atoms with van der Waals surface area (Å²) in [5.74, 6) is -1.33. The predicted octanol–water partition coefficient (Wildman–Crippen LogP) is 4.55. The molecule has 0 aliphatic heterocycles. The summed E-state index contributed by atoms with van der Waals surface area (Å²) < 4.78 is 0. The number of hydrogen-bond acceptors (Lipinski definition) is 2. The minimum Gasteiger partial charge on any atom is -0.481 e. The van der Waals surface area contributed by atoms with Gasteiger partial charge < -0.3 is 10.1 Å². The maximum Gasteiger partial charge on any atom is 0.310 e. The van der Waals surface area contributed by atoms with Gasteiger partial charge in [0.1, 0.15) is 0 Å². The first kappa shape index (κ1) is 16.0. The average Bonchev–Trinajstić information content (AvgIpc) is 2.93. The Balaban J connectivity index is 1.94. The molecular weight excluding hydrogens is 300 g/mol. The molecule has 0 aliphatic rings. The molecule has 3 rings (SSSR count). The van der Waals surface area contributed by atoms with Gasteiger partial charge in [0.05, 0.1) is 17.3 Å². The van der Waals surface area contributed by atoms with E-state index in [9.17, 15) is 4.79 Å². The van der Waals surface area contributed by atoms with Crippen LogP contribution in [0.5, 0.6) is 0 Å². The van der Waals surface area contributed by atoms with Gasteiger partial charge in [-0.3, -0.25) is 4.79 Å². The minimum atomic E-state index is -0.818. The first-order valence-corrected chi connectivity index (χ1v) is 7.92. The van der Waals surface area contributed by atoms with Crippen molar-refractivity contribution in [2.75, 3.05) is 0 Å². The molecule has 0 fully saturated rings. The smallest absolute Gasteiger partial charge is 0.310 e. The lowest BCUT2D eigenvalue weighted by atomic mass is 9.99. The average molecular weight is 320 g/mol. The van der Waals surface area contributed by atoms with Crippen molar-refractivity contribution >= 4 is 5.97 Å². The molecule has 2 N–H and O–H groups in total. The first-order valence-electron chi connectivity index (χ1n) is 7.92. The van der Waals surface area contributed by atoms with Crippen molar-refractivity contribution in [2.24, 2.45) is 0 Å². The summed E-state index contributed by atoms with van der Waals surface area (Å²) in [6.07, 6.45) is 0. The summed E-state index contributed by atoms with van der Waals surface area (Å²) in [4.78, 5) is 19.1. The molecule has 0 aliphatic carbocycles. The highest BCUT2D eigenvalue weighted by atomic mass is 16.4. The predicted molar refractivity (Wildman–Crippen MR) is 95.0 cm³/mol. The summed E-state index contributed by atoms with van der Waals surface area (Å²) in [5.41, 5.74) is 6.88. The maximum absolute atomic E-state index is 11.1. The molecule has 0 amide bonds. The topological polar surface area (TPSA) is 66.0 Å². The molecule has 1 unspecified atom stereocenters. The summed E-state index contributed by atoms with van der Waals surface area (Å²) >= 11 is 0. The number of carboxylic acids is 1. The molecule has 2 heterocycles. The molecule has 0 bridgehead atoms. The molecule has 0 spiro atoms.